The molecule has 18 heavy (non-hydrogen) atoms. The van der Waals surface area contributed by atoms with Gasteiger partial charge in [-0.05, 0) is 37.2 Å². The molecule has 0 radical (unpaired) electrons. The summed E-state index contributed by atoms with van der Waals surface area (Å²) in [7, 11) is 0. The lowest BCUT2D eigenvalue weighted by molar-refractivity contribution is 0.0964. The summed E-state index contributed by atoms with van der Waals surface area (Å²) >= 11 is 0. The fourth-order valence-corrected chi connectivity index (χ4v) is 2.38. The van der Waals surface area contributed by atoms with Crippen molar-refractivity contribution in [3.63, 3.8) is 0 Å². The van der Waals surface area contributed by atoms with Crippen LogP contribution in [0.4, 0.5) is 5.69 Å². The van der Waals surface area contributed by atoms with Crippen LogP contribution in [0, 0.1) is 23.2 Å². The molecule has 4 nitrogen and oxygen atoms in total. The normalized spacial score (nSPS) is 27.5. The highest BCUT2D eigenvalue weighted by atomic mass is 16.5. The maximum absolute atomic E-state index is 8.88. The molecule has 4 heteroatoms. The highest BCUT2D eigenvalue weighted by Gasteiger charge is 2.26. The van der Waals surface area contributed by atoms with E-state index in [1.54, 1.807) is 12.1 Å². The van der Waals surface area contributed by atoms with Gasteiger partial charge >= 0.3 is 0 Å². The molecule has 3 atom stereocenters. The number of pyridine rings is 1. The van der Waals surface area contributed by atoms with Gasteiger partial charge in [0.2, 0.25) is 5.88 Å². The molecule has 1 aliphatic rings. The van der Waals surface area contributed by atoms with Crippen molar-refractivity contribution in [3.05, 3.63) is 17.8 Å². The maximum Gasteiger partial charge on any atom is 0.214 e. The standard InChI is InChI=1S/C14H19N3O/c1-9-3-4-11(7-10(9)2)18-14-6-5-12(16)13(8-15)17-14/h5-6,9-11H,3-4,7,16H2,1-2H3. The Bertz CT molecular complexity index is 467. The Morgan fingerprint density at radius 2 is 2.11 bits per heavy atom. The maximum atomic E-state index is 8.88. The van der Waals surface area contributed by atoms with Gasteiger partial charge in [-0.3, -0.25) is 0 Å². The number of ether oxygens (including phenoxy) is 1. The molecule has 2 rings (SSSR count). The average molecular weight is 245 g/mol. The number of rotatable bonds is 2. The molecule has 0 spiro atoms. The van der Waals surface area contributed by atoms with Crippen LogP contribution >= 0.6 is 0 Å². The van der Waals surface area contributed by atoms with Crippen molar-refractivity contribution in [2.75, 3.05) is 5.73 Å². The van der Waals surface area contributed by atoms with E-state index in [4.69, 9.17) is 15.7 Å². The van der Waals surface area contributed by atoms with Crippen LogP contribution in [0.3, 0.4) is 0 Å². The lowest BCUT2D eigenvalue weighted by Crippen LogP contribution is -2.29. The highest BCUT2D eigenvalue weighted by Crippen LogP contribution is 2.31. The van der Waals surface area contributed by atoms with Gasteiger partial charge in [0.1, 0.15) is 12.2 Å². The van der Waals surface area contributed by atoms with Crippen molar-refractivity contribution in [2.45, 2.75) is 39.2 Å². The van der Waals surface area contributed by atoms with Crippen LogP contribution < -0.4 is 10.5 Å². The van der Waals surface area contributed by atoms with E-state index in [1.807, 2.05) is 6.07 Å². The van der Waals surface area contributed by atoms with Gasteiger partial charge in [0.05, 0.1) is 5.69 Å². The molecule has 1 heterocycles. The minimum atomic E-state index is 0.207. The summed E-state index contributed by atoms with van der Waals surface area (Å²) in [5, 5.41) is 8.88. The van der Waals surface area contributed by atoms with Crippen LogP contribution in [0.15, 0.2) is 12.1 Å². The van der Waals surface area contributed by atoms with Crippen molar-refractivity contribution in [3.8, 4) is 11.9 Å². The molecule has 1 fully saturated rings. The zero-order valence-electron chi connectivity index (χ0n) is 10.9. The van der Waals surface area contributed by atoms with Gasteiger partial charge in [0.25, 0.3) is 0 Å². The molecule has 1 aliphatic carbocycles. The highest BCUT2D eigenvalue weighted by molar-refractivity contribution is 5.50. The third-order valence-electron chi connectivity index (χ3n) is 3.84. The zero-order chi connectivity index (χ0) is 13.1. The van der Waals surface area contributed by atoms with Crippen LogP contribution in [0.25, 0.3) is 0 Å². The monoisotopic (exact) mass is 245 g/mol. The molecule has 0 aromatic carbocycles. The number of hydrogen-bond donors (Lipinski definition) is 1. The molecule has 0 saturated heterocycles. The number of hydrogen-bond acceptors (Lipinski definition) is 4. The van der Waals surface area contributed by atoms with Gasteiger partial charge in [0, 0.05) is 6.07 Å². The van der Waals surface area contributed by atoms with Crippen LogP contribution in [0.2, 0.25) is 0 Å². The van der Waals surface area contributed by atoms with Crippen molar-refractivity contribution >= 4 is 5.69 Å². The van der Waals surface area contributed by atoms with Crippen molar-refractivity contribution in [1.82, 2.24) is 4.98 Å². The second kappa shape index (κ2) is 5.26. The first-order chi connectivity index (χ1) is 8.60. The summed E-state index contributed by atoms with van der Waals surface area (Å²) in [6.45, 7) is 4.55. The van der Waals surface area contributed by atoms with Gasteiger partial charge in [-0.15, -0.1) is 0 Å². The van der Waals surface area contributed by atoms with Crippen LogP contribution in [-0.2, 0) is 0 Å². The molecule has 1 aromatic heterocycles. The van der Waals surface area contributed by atoms with E-state index in [-0.39, 0.29) is 11.8 Å². The predicted octanol–water partition coefficient (Wildman–Crippen LogP) is 2.74. The lowest BCUT2D eigenvalue weighted by atomic mass is 9.80. The van der Waals surface area contributed by atoms with Crippen LogP contribution in [-0.4, -0.2) is 11.1 Å². The Kier molecular flexibility index (Phi) is 3.71. The van der Waals surface area contributed by atoms with Crippen LogP contribution in [0.5, 0.6) is 5.88 Å². The molecular weight excluding hydrogens is 226 g/mol. The fourth-order valence-electron chi connectivity index (χ4n) is 2.38. The van der Waals surface area contributed by atoms with Gasteiger partial charge in [-0.1, -0.05) is 13.8 Å². The molecular formula is C14H19N3O. The van der Waals surface area contributed by atoms with Gasteiger partial charge in [0.15, 0.2) is 5.69 Å². The molecule has 0 aliphatic heterocycles. The fraction of sp³-hybridized carbons (Fsp3) is 0.571. The second-order valence-electron chi connectivity index (χ2n) is 5.21. The largest absolute Gasteiger partial charge is 0.474 e. The predicted molar refractivity (Wildman–Crippen MR) is 70.0 cm³/mol. The first kappa shape index (κ1) is 12.7. The molecule has 1 saturated carbocycles. The minimum absolute atomic E-state index is 0.207. The second-order valence-corrected chi connectivity index (χ2v) is 5.21. The molecule has 96 valence electrons. The number of anilines is 1. The summed E-state index contributed by atoms with van der Waals surface area (Å²) in [4.78, 5) is 4.12. The first-order valence-electron chi connectivity index (χ1n) is 6.43. The molecule has 2 N–H and O–H groups in total. The smallest absolute Gasteiger partial charge is 0.214 e. The van der Waals surface area contributed by atoms with Crippen LogP contribution in [0.1, 0.15) is 38.8 Å². The molecule has 0 amide bonds. The summed E-state index contributed by atoms with van der Waals surface area (Å²) < 4.78 is 5.85. The van der Waals surface area contributed by atoms with Gasteiger partial charge in [-0.2, -0.15) is 5.26 Å². The summed E-state index contributed by atoms with van der Waals surface area (Å²) in [5.74, 6) is 1.94. The molecule has 1 aromatic rings. The average Bonchev–Trinajstić information content (AvgIpc) is 2.36. The van der Waals surface area contributed by atoms with E-state index in [1.165, 1.54) is 6.42 Å². The van der Waals surface area contributed by atoms with Gasteiger partial charge in [-0.25, -0.2) is 4.98 Å². The number of aromatic nitrogens is 1. The number of nitrogens with two attached hydrogens (primary N) is 1. The van der Waals surface area contributed by atoms with Crippen molar-refractivity contribution in [2.24, 2.45) is 11.8 Å². The zero-order valence-corrected chi connectivity index (χ0v) is 10.9. The molecule has 3 unspecified atom stereocenters. The van der Waals surface area contributed by atoms with E-state index in [0.717, 1.165) is 18.8 Å². The topological polar surface area (TPSA) is 71.9 Å². The van der Waals surface area contributed by atoms with E-state index < -0.39 is 0 Å². The summed E-state index contributed by atoms with van der Waals surface area (Å²) in [6.07, 6.45) is 3.50. The Morgan fingerprint density at radius 1 is 1.33 bits per heavy atom. The Morgan fingerprint density at radius 3 is 2.78 bits per heavy atom. The molecule has 0 bridgehead atoms. The SMILES string of the molecule is CC1CCC(Oc2ccc(N)c(C#N)n2)CC1C. The van der Waals surface area contributed by atoms with E-state index in [2.05, 4.69) is 18.8 Å². The van der Waals surface area contributed by atoms with E-state index in [9.17, 15) is 0 Å². The Balaban J connectivity index is 2.04. The third kappa shape index (κ3) is 2.73. The van der Waals surface area contributed by atoms with E-state index in [0.29, 0.717) is 17.5 Å². The quantitative estimate of drug-likeness (QED) is 0.869. The first-order valence-corrected chi connectivity index (χ1v) is 6.43. The summed E-state index contributed by atoms with van der Waals surface area (Å²) in [6, 6.07) is 5.38. The van der Waals surface area contributed by atoms with Crippen molar-refractivity contribution in [1.29, 1.82) is 5.26 Å². The lowest BCUT2D eigenvalue weighted by Gasteiger charge is -2.31. The van der Waals surface area contributed by atoms with Gasteiger partial charge < -0.3 is 10.5 Å². The number of nitrogens with zero attached hydrogens (tertiary/aromatic N) is 2. The number of nitrogen functional groups attached to an aromatic ring is 1. The minimum Gasteiger partial charge on any atom is -0.474 e. The van der Waals surface area contributed by atoms with E-state index >= 15 is 0 Å². The number of nitriles is 1. The summed E-state index contributed by atoms with van der Waals surface area (Å²) in [5.41, 5.74) is 6.27. The third-order valence-corrected chi connectivity index (χ3v) is 3.84. The Hall–Kier alpha value is -1.76. The van der Waals surface area contributed by atoms with Crippen molar-refractivity contribution < 1.29 is 4.74 Å². The Labute approximate surface area is 108 Å².